The van der Waals surface area contributed by atoms with Crippen molar-refractivity contribution in [2.75, 3.05) is 5.32 Å². The molecule has 1 fully saturated rings. The molecule has 7 heteroatoms. The number of aryl methyl sites for hydroxylation is 2. The Morgan fingerprint density at radius 1 is 1.16 bits per heavy atom. The first-order valence-electron chi connectivity index (χ1n) is 8.52. The fourth-order valence-corrected chi connectivity index (χ4v) is 3.32. The van der Waals surface area contributed by atoms with Crippen molar-refractivity contribution in [2.24, 2.45) is 7.05 Å². The molecule has 0 bridgehead atoms. The Morgan fingerprint density at radius 2 is 2.00 bits per heavy atom. The molecule has 4 aromatic rings. The fraction of sp³-hybridized carbons (Fsp3) is 0.333. The van der Waals surface area contributed by atoms with Crippen molar-refractivity contribution in [3.8, 4) is 0 Å². The van der Waals surface area contributed by atoms with E-state index in [1.165, 1.54) is 30.5 Å². The van der Waals surface area contributed by atoms with Crippen molar-refractivity contribution in [1.29, 1.82) is 0 Å². The van der Waals surface area contributed by atoms with Crippen LogP contribution in [0.5, 0.6) is 0 Å². The Hall–Kier alpha value is -2.96. The molecule has 126 valence electrons. The maximum absolute atomic E-state index is 4.84. The molecule has 5 rings (SSSR count). The van der Waals surface area contributed by atoms with E-state index in [1.54, 1.807) is 4.52 Å². The first kappa shape index (κ1) is 14.4. The highest BCUT2D eigenvalue weighted by Gasteiger charge is 2.28. The molecular formula is C18H19N7. The van der Waals surface area contributed by atoms with Crippen molar-refractivity contribution in [1.82, 2.24) is 29.1 Å². The number of aromatic nitrogens is 6. The number of anilines is 2. The Kier molecular flexibility index (Phi) is 2.89. The van der Waals surface area contributed by atoms with Crippen LogP contribution in [0.25, 0.3) is 16.8 Å². The second-order valence-corrected chi connectivity index (χ2v) is 6.77. The molecule has 1 aromatic carbocycles. The van der Waals surface area contributed by atoms with Gasteiger partial charge in [0.2, 0.25) is 0 Å². The third-order valence-corrected chi connectivity index (χ3v) is 5.03. The molecule has 1 aliphatic carbocycles. The lowest BCUT2D eigenvalue weighted by Gasteiger charge is -2.12. The number of hydrogen-bond donors (Lipinski definition) is 1. The Morgan fingerprint density at radius 3 is 2.80 bits per heavy atom. The highest BCUT2D eigenvalue weighted by molar-refractivity contribution is 5.81. The minimum Gasteiger partial charge on any atom is -0.340 e. The smallest absolute Gasteiger partial charge is 0.254 e. The van der Waals surface area contributed by atoms with Crippen LogP contribution in [-0.2, 0) is 7.05 Å². The summed E-state index contributed by atoms with van der Waals surface area (Å²) in [5, 5.41) is 7.77. The van der Waals surface area contributed by atoms with Crippen LogP contribution in [0.15, 0.2) is 24.5 Å². The van der Waals surface area contributed by atoms with Crippen LogP contribution in [0.1, 0.15) is 35.8 Å². The highest BCUT2D eigenvalue weighted by Crippen LogP contribution is 2.40. The molecule has 25 heavy (non-hydrogen) atoms. The van der Waals surface area contributed by atoms with Crippen LogP contribution >= 0.6 is 0 Å². The van der Waals surface area contributed by atoms with E-state index in [9.17, 15) is 0 Å². The summed E-state index contributed by atoms with van der Waals surface area (Å²) in [5.74, 6) is 3.31. The van der Waals surface area contributed by atoms with E-state index in [1.807, 2.05) is 13.8 Å². The summed E-state index contributed by atoms with van der Waals surface area (Å²) < 4.78 is 3.95. The monoisotopic (exact) mass is 333 g/mol. The third kappa shape index (κ3) is 2.19. The molecule has 0 atom stereocenters. The summed E-state index contributed by atoms with van der Waals surface area (Å²) in [7, 11) is 2.10. The van der Waals surface area contributed by atoms with Gasteiger partial charge < -0.3 is 9.88 Å². The highest BCUT2D eigenvalue weighted by atomic mass is 15.4. The van der Waals surface area contributed by atoms with Gasteiger partial charge in [-0.05, 0) is 44.9 Å². The van der Waals surface area contributed by atoms with Crippen LogP contribution in [-0.4, -0.2) is 29.1 Å². The van der Waals surface area contributed by atoms with Crippen LogP contribution in [0.4, 0.5) is 11.5 Å². The number of nitrogens with zero attached hydrogens (tertiary/aromatic N) is 6. The van der Waals surface area contributed by atoms with Crippen LogP contribution in [0.3, 0.4) is 0 Å². The number of imidazole rings is 1. The zero-order valence-corrected chi connectivity index (χ0v) is 14.5. The van der Waals surface area contributed by atoms with E-state index < -0.39 is 0 Å². The maximum Gasteiger partial charge on any atom is 0.254 e. The Labute approximate surface area is 144 Å². The topological polar surface area (TPSA) is 72.9 Å². The second kappa shape index (κ2) is 5.02. The number of rotatable bonds is 3. The quantitative estimate of drug-likeness (QED) is 0.623. The van der Waals surface area contributed by atoms with Gasteiger partial charge in [0.25, 0.3) is 5.78 Å². The summed E-state index contributed by atoms with van der Waals surface area (Å²) >= 11 is 0. The van der Waals surface area contributed by atoms with E-state index in [4.69, 9.17) is 4.98 Å². The number of nitrogens with one attached hydrogen (secondary N) is 1. The first-order valence-corrected chi connectivity index (χ1v) is 8.52. The minimum absolute atomic E-state index is 0.598. The lowest BCUT2D eigenvalue weighted by atomic mass is 10.2. The van der Waals surface area contributed by atoms with Gasteiger partial charge >= 0.3 is 0 Å². The normalized spacial score (nSPS) is 14.5. The molecule has 0 aliphatic heterocycles. The Bertz CT molecular complexity index is 1120. The fourth-order valence-electron chi connectivity index (χ4n) is 3.32. The largest absolute Gasteiger partial charge is 0.340 e. The number of hydrogen-bond acceptors (Lipinski definition) is 5. The van der Waals surface area contributed by atoms with Gasteiger partial charge in [0.15, 0.2) is 0 Å². The molecule has 0 unspecified atom stereocenters. The summed E-state index contributed by atoms with van der Waals surface area (Å²) in [6.07, 6.45) is 4.03. The van der Waals surface area contributed by atoms with E-state index in [0.717, 1.165) is 28.3 Å². The third-order valence-electron chi connectivity index (χ3n) is 5.03. The Balaban J connectivity index is 1.60. The van der Waals surface area contributed by atoms with E-state index >= 15 is 0 Å². The van der Waals surface area contributed by atoms with E-state index in [0.29, 0.717) is 11.7 Å². The molecule has 3 heterocycles. The van der Waals surface area contributed by atoms with Gasteiger partial charge in [0, 0.05) is 29.9 Å². The van der Waals surface area contributed by atoms with Gasteiger partial charge in [0.05, 0.1) is 11.0 Å². The van der Waals surface area contributed by atoms with Gasteiger partial charge in [-0.25, -0.2) is 9.97 Å². The molecule has 0 radical (unpaired) electrons. The van der Waals surface area contributed by atoms with E-state index in [2.05, 4.69) is 50.2 Å². The molecule has 1 N–H and O–H groups in total. The zero-order valence-electron chi connectivity index (χ0n) is 14.5. The standard InChI is InChI=1S/C18H19N7/c1-10-11(2)21-18-19-9-20-25(18)16(10)22-13-6-7-15-14(8-13)23-17(24(15)3)12-4-5-12/h6-9,12,22H,4-5H2,1-3H3. The second-order valence-electron chi connectivity index (χ2n) is 6.77. The lowest BCUT2D eigenvalue weighted by molar-refractivity contribution is 0.820. The van der Waals surface area contributed by atoms with Crippen LogP contribution in [0.2, 0.25) is 0 Å². The van der Waals surface area contributed by atoms with Gasteiger partial charge in [0.1, 0.15) is 18.0 Å². The predicted octanol–water partition coefficient (Wildman–Crippen LogP) is 3.25. The van der Waals surface area contributed by atoms with Crippen molar-refractivity contribution in [3.63, 3.8) is 0 Å². The zero-order chi connectivity index (χ0) is 17.1. The van der Waals surface area contributed by atoms with Crippen molar-refractivity contribution >= 4 is 28.3 Å². The van der Waals surface area contributed by atoms with Crippen LogP contribution < -0.4 is 5.32 Å². The van der Waals surface area contributed by atoms with Crippen molar-refractivity contribution < 1.29 is 0 Å². The van der Waals surface area contributed by atoms with Crippen LogP contribution in [0, 0.1) is 13.8 Å². The van der Waals surface area contributed by atoms with Gasteiger partial charge in [-0.1, -0.05) is 0 Å². The molecule has 0 saturated heterocycles. The summed E-state index contributed by atoms with van der Waals surface area (Å²) in [6.45, 7) is 4.02. The summed E-state index contributed by atoms with van der Waals surface area (Å²) in [4.78, 5) is 13.5. The average Bonchev–Trinajstić information content (AvgIpc) is 3.25. The summed E-state index contributed by atoms with van der Waals surface area (Å²) in [5.41, 5.74) is 5.17. The van der Waals surface area contributed by atoms with Gasteiger partial charge in [-0.15, -0.1) is 0 Å². The SMILES string of the molecule is Cc1nc2ncnn2c(Nc2ccc3c(c2)nc(C2CC2)n3C)c1C. The van der Waals surface area contributed by atoms with Gasteiger partial charge in [-0.2, -0.15) is 14.6 Å². The lowest BCUT2D eigenvalue weighted by Crippen LogP contribution is -2.06. The first-order chi connectivity index (χ1) is 12.1. The molecule has 0 amide bonds. The van der Waals surface area contributed by atoms with E-state index in [-0.39, 0.29) is 0 Å². The number of benzene rings is 1. The van der Waals surface area contributed by atoms with Crippen molar-refractivity contribution in [2.45, 2.75) is 32.6 Å². The molecule has 3 aromatic heterocycles. The van der Waals surface area contributed by atoms with Gasteiger partial charge in [-0.3, -0.25) is 0 Å². The minimum atomic E-state index is 0.598. The maximum atomic E-state index is 4.84. The molecule has 1 aliphatic rings. The molecule has 0 spiro atoms. The average molecular weight is 333 g/mol. The molecule has 7 nitrogen and oxygen atoms in total. The summed E-state index contributed by atoms with van der Waals surface area (Å²) in [6, 6.07) is 6.30. The van der Waals surface area contributed by atoms with Crippen molar-refractivity contribution in [3.05, 3.63) is 41.6 Å². The predicted molar refractivity (Wildman–Crippen MR) is 96.2 cm³/mol. The number of fused-ring (bicyclic) bond motifs is 2. The molecule has 1 saturated carbocycles. The molecular weight excluding hydrogens is 314 g/mol.